The highest BCUT2D eigenvalue weighted by atomic mass is 16.3. The molecule has 0 saturated heterocycles. The van der Waals surface area contributed by atoms with E-state index in [0.717, 1.165) is 12.2 Å². The van der Waals surface area contributed by atoms with Crippen molar-refractivity contribution in [3.05, 3.63) is 23.8 Å². The lowest BCUT2D eigenvalue weighted by atomic mass is 10.1. The van der Waals surface area contributed by atoms with Crippen LogP contribution in [0.15, 0.2) is 18.2 Å². The summed E-state index contributed by atoms with van der Waals surface area (Å²) in [6, 6.07) is 4.98. The van der Waals surface area contributed by atoms with E-state index in [1.807, 2.05) is 11.8 Å². The molecule has 5 heteroatoms. The van der Waals surface area contributed by atoms with Crippen molar-refractivity contribution in [3.63, 3.8) is 0 Å². The maximum absolute atomic E-state index is 11.1. The van der Waals surface area contributed by atoms with E-state index in [2.05, 4.69) is 0 Å². The SMILES string of the molecule is CCN(CCCO)c1cc(C(N)=O)ccc1N. The fraction of sp³-hybridized carbons (Fsp3) is 0.417. The quantitative estimate of drug-likeness (QED) is 0.631. The van der Waals surface area contributed by atoms with Gasteiger partial charge in [0, 0.05) is 25.3 Å². The van der Waals surface area contributed by atoms with Gasteiger partial charge in [0.05, 0.1) is 11.4 Å². The van der Waals surface area contributed by atoms with Gasteiger partial charge >= 0.3 is 0 Å². The predicted molar refractivity (Wildman–Crippen MR) is 69.0 cm³/mol. The highest BCUT2D eigenvalue weighted by Gasteiger charge is 2.10. The van der Waals surface area contributed by atoms with Gasteiger partial charge in [0.25, 0.3) is 0 Å². The van der Waals surface area contributed by atoms with Crippen LogP contribution in [0.2, 0.25) is 0 Å². The summed E-state index contributed by atoms with van der Waals surface area (Å²) < 4.78 is 0. The zero-order valence-corrected chi connectivity index (χ0v) is 10.0. The molecule has 0 aliphatic carbocycles. The Labute approximate surface area is 101 Å². The summed E-state index contributed by atoms with van der Waals surface area (Å²) in [4.78, 5) is 13.1. The third kappa shape index (κ3) is 3.35. The highest BCUT2D eigenvalue weighted by molar-refractivity contribution is 5.95. The number of amides is 1. The van der Waals surface area contributed by atoms with E-state index >= 15 is 0 Å². The second kappa shape index (κ2) is 6.10. The third-order valence-corrected chi connectivity index (χ3v) is 2.62. The Bertz CT molecular complexity index is 393. The minimum absolute atomic E-state index is 0.131. The average molecular weight is 237 g/mol. The topological polar surface area (TPSA) is 92.6 Å². The highest BCUT2D eigenvalue weighted by Crippen LogP contribution is 2.24. The van der Waals surface area contributed by atoms with Crippen LogP contribution >= 0.6 is 0 Å². The van der Waals surface area contributed by atoms with Crippen LogP contribution in [0.25, 0.3) is 0 Å². The smallest absolute Gasteiger partial charge is 0.248 e. The molecule has 0 aliphatic rings. The molecule has 1 aromatic carbocycles. The fourth-order valence-corrected chi connectivity index (χ4v) is 1.68. The van der Waals surface area contributed by atoms with Gasteiger partial charge in [0.15, 0.2) is 0 Å². The van der Waals surface area contributed by atoms with Crippen molar-refractivity contribution >= 4 is 17.3 Å². The molecule has 0 spiro atoms. The number of primary amides is 1. The van der Waals surface area contributed by atoms with E-state index in [1.165, 1.54) is 0 Å². The number of benzene rings is 1. The molecule has 0 heterocycles. The van der Waals surface area contributed by atoms with Gasteiger partial charge in [0.1, 0.15) is 0 Å². The summed E-state index contributed by atoms with van der Waals surface area (Å²) in [7, 11) is 0. The molecule has 0 aliphatic heterocycles. The molecule has 0 aromatic heterocycles. The lowest BCUT2D eigenvalue weighted by Gasteiger charge is -2.24. The Morgan fingerprint density at radius 1 is 1.47 bits per heavy atom. The first-order valence-corrected chi connectivity index (χ1v) is 5.65. The van der Waals surface area contributed by atoms with E-state index in [0.29, 0.717) is 24.2 Å². The molecule has 1 rings (SSSR count). The number of anilines is 2. The van der Waals surface area contributed by atoms with Crippen LogP contribution in [0.4, 0.5) is 11.4 Å². The number of nitrogen functional groups attached to an aromatic ring is 1. The minimum atomic E-state index is -0.468. The Kier molecular flexibility index (Phi) is 4.78. The van der Waals surface area contributed by atoms with Gasteiger partial charge in [-0.2, -0.15) is 0 Å². The first-order chi connectivity index (χ1) is 8.10. The Morgan fingerprint density at radius 3 is 2.71 bits per heavy atom. The van der Waals surface area contributed by atoms with Crippen molar-refractivity contribution in [2.75, 3.05) is 30.3 Å². The molecular weight excluding hydrogens is 218 g/mol. The van der Waals surface area contributed by atoms with Crippen molar-refractivity contribution in [2.24, 2.45) is 5.73 Å². The molecule has 0 atom stereocenters. The monoisotopic (exact) mass is 237 g/mol. The van der Waals surface area contributed by atoms with Gasteiger partial charge in [-0.15, -0.1) is 0 Å². The van der Waals surface area contributed by atoms with Gasteiger partial charge in [0.2, 0.25) is 5.91 Å². The molecule has 17 heavy (non-hydrogen) atoms. The molecular formula is C12H19N3O2. The van der Waals surface area contributed by atoms with E-state index < -0.39 is 5.91 Å². The number of aliphatic hydroxyl groups excluding tert-OH is 1. The number of nitrogens with zero attached hydrogens (tertiary/aromatic N) is 1. The summed E-state index contributed by atoms with van der Waals surface area (Å²) in [5.74, 6) is -0.468. The first-order valence-electron chi connectivity index (χ1n) is 5.65. The average Bonchev–Trinajstić information content (AvgIpc) is 2.31. The van der Waals surface area contributed by atoms with Crippen LogP contribution in [0.5, 0.6) is 0 Å². The lowest BCUT2D eigenvalue weighted by molar-refractivity contribution is 0.100. The number of hydrogen-bond donors (Lipinski definition) is 3. The van der Waals surface area contributed by atoms with Gasteiger partial charge in [-0.3, -0.25) is 4.79 Å². The van der Waals surface area contributed by atoms with Gasteiger partial charge < -0.3 is 21.5 Å². The summed E-state index contributed by atoms with van der Waals surface area (Å²) in [6.45, 7) is 3.57. The fourth-order valence-electron chi connectivity index (χ4n) is 1.68. The Morgan fingerprint density at radius 2 is 2.18 bits per heavy atom. The normalized spacial score (nSPS) is 10.2. The third-order valence-electron chi connectivity index (χ3n) is 2.62. The van der Waals surface area contributed by atoms with E-state index in [9.17, 15) is 4.79 Å². The van der Waals surface area contributed by atoms with Crippen molar-refractivity contribution < 1.29 is 9.90 Å². The van der Waals surface area contributed by atoms with Gasteiger partial charge in [-0.05, 0) is 31.5 Å². The summed E-state index contributed by atoms with van der Waals surface area (Å²) in [6.07, 6.45) is 0.661. The molecule has 5 nitrogen and oxygen atoms in total. The molecule has 1 amide bonds. The Balaban J connectivity index is 3.00. The largest absolute Gasteiger partial charge is 0.397 e. The number of hydrogen-bond acceptors (Lipinski definition) is 4. The molecule has 5 N–H and O–H groups in total. The molecule has 0 bridgehead atoms. The number of carbonyl (C=O) groups is 1. The van der Waals surface area contributed by atoms with Crippen LogP contribution in [0.3, 0.4) is 0 Å². The predicted octanol–water partition coefficient (Wildman–Crippen LogP) is 0.576. The summed E-state index contributed by atoms with van der Waals surface area (Å²) in [5, 5.41) is 8.84. The molecule has 0 saturated carbocycles. The van der Waals surface area contributed by atoms with Gasteiger partial charge in [-0.25, -0.2) is 0 Å². The van der Waals surface area contributed by atoms with Gasteiger partial charge in [-0.1, -0.05) is 0 Å². The molecule has 94 valence electrons. The number of aliphatic hydroxyl groups is 1. The van der Waals surface area contributed by atoms with Crippen LogP contribution in [-0.4, -0.2) is 30.7 Å². The maximum atomic E-state index is 11.1. The lowest BCUT2D eigenvalue weighted by Crippen LogP contribution is -2.26. The summed E-state index contributed by atoms with van der Waals surface area (Å²) >= 11 is 0. The van der Waals surface area contributed by atoms with E-state index in [4.69, 9.17) is 16.6 Å². The molecule has 0 fully saturated rings. The maximum Gasteiger partial charge on any atom is 0.248 e. The van der Waals surface area contributed by atoms with Crippen LogP contribution in [0.1, 0.15) is 23.7 Å². The van der Waals surface area contributed by atoms with Crippen molar-refractivity contribution in [1.29, 1.82) is 0 Å². The molecule has 1 aromatic rings. The zero-order valence-electron chi connectivity index (χ0n) is 10.0. The Hall–Kier alpha value is -1.75. The van der Waals surface area contributed by atoms with E-state index in [-0.39, 0.29) is 6.61 Å². The standard InChI is InChI=1S/C12H19N3O2/c1-2-15(6-3-7-16)11-8-9(12(14)17)4-5-10(11)13/h4-5,8,16H,2-3,6-7,13H2,1H3,(H2,14,17). The van der Waals surface area contributed by atoms with E-state index in [1.54, 1.807) is 18.2 Å². The number of nitrogens with two attached hydrogens (primary N) is 2. The van der Waals surface area contributed by atoms with Crippen molar-refractivity contribution in [1.82, 2.24) is 0 Å². The number of rotatable bonds is 6. The minimum Gasteiger partial charge on any atom is -0.397 e. The molecule has 0 unspecified atom stereocenters. The first kappa shape index (κ1) is 13.3. The molecule has 0 radical (unpaired) electrons. The zero-order chi connectivity index (χ0) is 12.8. The van der Waals surface area contributed by atoms with Crippen LogP contribution < -0.4 is 16.4 Å². The second-order valence-corrected chi connectivity index (χ2v) is 3.79. The second-order valence-electron chi connectivity index (χ2n) is 3.79. The number of carbonyl (C=O) groups excluding carboxylic acids is 1. The van der Waals surface area contributed by atoms with Crippen LogP contribution in [-0.2, 0) is 0 Å². The van der Waals surface area contributed by atoms with Crippen molar-refractivity contribution in [3.8, 4) is 0 Å². The van der Waals surface area contributed by atoms with Crippen LogP contribution in [0, 0.1) is 0 Å². The van der Waals surface area contributed by atoms with Crippen molar-refractivity contribution in [2.45, 2.75) is 13.3 Å². The summed E-state index contributed by atoms with van der Waals surface area (Å²) in [5.41, 5.74) is 13.0.